The van der Waals surface area contributed by atoms with Crippen molar-refractivity contribution < 1.29 is 37.0 Å². The summed E-state index contributed by atoms with van der Waals surface area (Å²) in [5.74, 6) is -0.912. The molecular weight excluding hydrogens is 417 g/mol. The second-order valence-electron chi connectivity index (χ2n) is 6.84. The standard InChI is InChI=1S/C21H21F3N2O5/c1-26(20-25-16-4-2-3-5-17(16)31-20)10-11-29-15-8-6-14(7-9-15)12-18(19(27)28)30-13-21(22,23)24/h2-9,18H,10-13H2,1H3,(H,27,28)/t18-/m0/s1. The van der Waals surface area contributed by atoms with Crippen molar-refractivity contribution in [3.63, 3.8) is 0 Å². The van der Waals surface area contributed by atoms with Crippen LogP contribution in [0.15, 0.2) is 52.9 Å². The Bertz CT molecular complexity index is 971. The first-order valence-corrected chi connectivity index (χ1v) is 9.41. The Morgan fingerprint density at radius 3 is 2.55 bits per heavy atom. The summed E-state index contributed by atoms with van der Waals surface area (Å²) >= 11 is 0. The molecule has 31 heavy (non-hydrogen) atoms. The van der Waals surface area contributed by atoms with Crippen molar-refractivity contribution in [1.29, 1.82) is 0 Å². The Kier molecular flexibility index (Phi) is 7.01. The molecule has 0 fully saturated rings. The summed E-state index contributed by atoms with van der Waals surface area (Å²) < 4.78 is 52.6. The number of fused-ring (bicyclic) bond motifs is 1. The Morgan fingerprint density at radius 2 is 1.90 bits per heavy atom. The van der Waals surface area contributed by atoms with Crippen LogP contribution in [0.1, 0.15) is 5.56 Å². The average molecular weight is 438 g/mol. The number of rotatable bonds is 10. The highest BCUT2D eigenvalue weighted by atomic mass is 19.4. The Morgan fingerprint density at radius 1 is 1.19 bits per heavy atom. The van der Waals surface area contributed by atoms with Gasteiger partial charge in [-0.15, -0.1) is 0 Å². The molecule has 3 aromatic rings. The number of alkyl halides is 3. The summed E-state index contributed by atoms with van der Waals surface area (Å²) in [5.41, 5.74) is 1.98. The van der Waals surface area contributed by atoms with Gasteiger partial charge in [-0.25, -0.2) is 4.79 Å². The van der Waals surface area contributed by atoms with E-state index in [0.717, 1.165) is 5.52 Å². The lowest BCUT2D eigenvalue weighted by Crippen LogP contribution is -2.31. The fourth-order valence-corrected chi connectivity index (χ4v) is 2.77. The number of anilines is 1. The van der Waals surface area contributed by atoms with E-state index in [-0.39, 0.29) is 6.42 Å². The number of oxazole rings is 1. The van der Waals surface area contributed by atoms with Gasteiger partial charge in [0.1, 0.15) is 24.5 Å². The molecule has 3 rings (SSSR count). The van der Waals surface area contributed by atoms with Crippen LogP contribution >= 0.6 is 0 Å². The molecule has 1 atom stereocenters. The van der Waals surface area contributed by atoms with Crippen molar-refractivity contribution >= 4 is 23.1 Å². The number of halogens is 3. The van der Waals surface area contributed by atoms with Gasteiger partial charge < -0.3 is 23.9 Å². The number of aromatic nitrogens is 1. The second kappa shape index (κ2) is 9.69. The fourth-order valence-electron chi connectivity index (χ4n) is 2.77. The van der Waals surface area contributed by atoms with E-state index < -0.39 is 24.9 Å². The van der Waals surface area contributed by atoms with Gasteiger partial charge in [-0.1, -0.05) is 24.3 Å². The molecule has 0 amide bonds. The minimum absolute atomic E-state index is 0.188. The van der Waals surface area contributed by atoms with Gasteiger partial charge in [-0.2, -0.15) is 18.2 Å². The number of aliphatic carboxylic acids is 1. The predicted octanol–water partition coefficient (Wildman–Crippen LogP) is 3.92. The number of carbonyl (C=O) groups is 1. The maximum atomic E-state index is 12.3. The van der Waals surface area contributed by atoms with Crippen molar-refractivity contribution in [1.82, 2.24) is 4.98 Å². The van der Waals surface area contributed by atoms with Gasteiger partial charge in [0.15, 0.2) is 11.7 Å². The van der Waals surface area contributed by atoms with Crippen LogP contribution in [-0.4, -0.2) is 55.1 Å². The molecule has 1 heterocycles. The molecule has 1 aromatic heterocycles. The molecule has 0 saturated carbocycles. The number of hydrogen-bond acceptors (Lipinski definition) is 6. The van der Waals surface area contributed by atoms with Gasteiger partial charge in [0.2, 0.25) is 0 Å². The topological polar surface area (TPSA) is 85.0 Å². The molecule has 0 radical (unpaired) electrons. The summed E-state index contributed by atoms with van der Waals surface area (Å²) in [5, 5.41) is 9.06. The monoisotopic (exact) mass is 438 g/mol. The number of benzene rings is 2. The lowest BCUT2D eigenvalue weighted by molar-refractivity contribution is -0.192. The highest BCUT2D eigenvalue weighted by Gasteiger charge is 2.31. The van der Waals surface area contributed by atoms with E-state index in [1.165, 1.54) is 0 Å². The van der Waals surface area contributed by atoms with Crippen LogP contribution in [0.5, 0.6) is 5.75 Å². The van der Waals surface area contributed by atoms with Gasteiger partial charge in [-0.3, -0.25) is 0 Å². The largest absolute Gasteiger partial charge is 0.492 e. The van der Waals surface area contributed by atoms with Crippen LogP contribution in [-0.2, 0) is 16.0 Å². The van der Waals surface area contributed by atoms with E-state index in [2.05, 4.69) is 9.72 Å². The average Bonchev–Trinajstić information content (AvgIpc) is 3.15. The minimum atomic E-state index is -4.59. The third-order valence-electron chi connectivity index (χ3n) is 4.37. The molecule has 1 N–H and O–H groups in total. The zero-order chi connectivity index (χ0) is 22.4. The maximum Gasteiger partial charge on any atom is 0.411 e. The molecule has 2 aromatic carbocycles. The van der Waals surface area contributed by atoms with E-state index in [4.69, 9.17) is 14.3 Å². The summed E-state index contributed by atoms with van der Waals surface area (Å²) in [6.07, 6.45) is -6.36. The smallest absolute Gasteiger partial charge is 0.411 e. The number of para-hydroxylation sites is 2. The molecule has 0 saturated heterocycles. The van der Waals surface area contributed by atoms with E-state index in [0.29, 0.717) is 36.1 Å². The molecule has 10 heteroatoms. The van der Waals surface area contributed by atoms with Crippen molar-refractivity contribution in [2.75, 3.05) is 31.7 Å². The van der Waals surface area contributed by atoms with Crippen LogP contribution in [0.4, 0.5) is 19.2 Å². The summed E-state index contributed by atoms with van der Waals surface area (Å²) in [4.78, 5) is 17.3. The van der Waals surface area contributed by atoms with Crippen LogP contribution in [0, 0.1) is 0 Å². The van der Waals surface area contributed by atoms with Gasteiger partial charge in [0, 0.05) is 13.5 Å². The maximum absolute atomic E-state index is 12.3. The second-order valence-corrected chi connectivity index (χ2v) is 6.84. The van der Waals surface area contributed by atoms with Crippen LogP contribution in [0.2, 0.25) is 0 Å². The number of nitrogens with zero attached hydrogens (tertiary/aromatic N) is 2. The highest BCUT2D eigenvalue weighted by Crippen LogP contribution is 2.21. The first kappa shape index (κ1) is 22.4. The van der Waals surface area contributed by atoms with Crippen LogP contribution in [0.3, 0.4) is 0 Å². The normalized spacial score (nSPS) is 12.6. The SMILES string of the molecule is CN(CCOc1ccc(C[C@H](OCC(F)(F)F)C(=O)O)cc1)c1nc2ccccc2o1. The van der Waals surface area contributed by atoms with Gasteiger partial charge in [-0.05, 0) is 29.8 Å². The lowest BCUT2D eigenvalue weighted by Gasteiger charge is -2.16. The van der Waals surface area contributed by atoms with E-state index in [1.807, 2.05) is 36.2 Å². The number of ether oxygens (including phenoxy) is 2. The first-order valence-electron chi connectivity index (χ1n) is 9.41. The van der Waals surface area contributed by atoms with Crippen LogP contribution < -0.4 is 9.64 Å². The molecule has 0 spiro atoms. The van der Waals surface area contributed by atoms with Gasteiger partial charge >= 0.3 is 12.1 Å². The molecule has 0 aliphatic carbocycles. The third kappa shape index (κ3) is 6.61. The Balaban J connectivity index is 1.49. The van der Waals surface area contributed by atoms with E-state index in [9.17, 15) is 18.0 Å². The quantitative estimate of drug-likeness (QED) is 0.514. The highest BCUT2D eigenvalue weighted by molar-refractivity contribution is 5.74. The number of likely N-dealkylation sites (N-methyl/N-ethyl adjacent to an activating group) is 1. The van der Waals surface area contributed by atoms with E-state index in [1.54, 1.807) is 24.3 Å². The summed E-state index contributed by atoms with van der Waals surface area (Å²) in [6.45, 7) is -0.777. The van der Waals surface area contributed by atoms with Crippen molar-refractivity contribution in [3.05, 3.63) is 54.1 Å². The van der Waals surface area contributed by atoms with E-state index >= 15 is 0 Å². The zero-order valence-electron chi connectivity index (χ0n) is 16.6. The Labute approximate surface area is 176 Å². The van der Waals surface area contributed by atoms with Gasteiger partial charge in [0.25, 0.3) is 6.01 Å². The fraction of sp³-hybridized carbons (Fsp3) is 0.333. The first-order chi connectivity index (χ1) is 14.7. The summed E-state index contributed by atoms with van der Waals surface area (Å²) in [6, 6.07) is 14.3. The number of carboxylic acid groups (broad SMARTS) is 1. The number of hydrogen-bond donors (Lipinski definition) is 1. The van der Waals surface area contributed by atoms with Crippen LogP contribution in [0.25, 0.3) is 11.1 Å². The van der Waals surface area contributed by atoms with Gasteiger partial charge in [0.05, 0.1) is 6.54 Å². The molecule has 0 aliphatic rings. The minimum Gasteiger partial charge on any atom is -0.492 e. The molecule has 166 valence electrons. The molecule has 0 bridgehead atoms. The number of carboxylic acids is 1. The van der Waals surface area contributed by atoms with Crippen molar-refractivity contribution in [2.24, 2.45) is 0 Å². The third-order valence-corrected chi connectivity index (χ3v) is 4.37. The summed E-state index contributed by atoms with van der Waals surface area (Å²) in [7, 11) is 1.82. The molecule has 0 unspecified atom stereocenters. The van der Waals surface area contributed by atoms with Crippen molar-refractivity contribution in [2.45, 2.75) is 18.7 Å². The molecular formula is C21H21F3N2O5. The molecule has 7 nitrogen and oxygen atoms in total. The zero-order valence-corrected chi connectivity index (χ0v) is 16.6. The predicted molar refractivity (Wildman–Crippen MR) is 106 cm³/mol. The van der Waals surface area contributed by atoms with Crippen molar-refractivity contribution in [3.8, 4) is 5.75 Å². The lowest BCUT2D eigenvalue weighted by atomic mass is 10.1. The Hall–Kier alpha value is -3.27. The molecule has 0 aliphatic heterocycles.